The summed E-state index contributed by atoms with van der Waals surface area (Å²) in [4.78, 5) is 2.32. The van der Waals surface area contributed by atoms with E-state index in [9.17, 15) is 0 Å². The first-order valence-corrected chi connectivity index (χ1v) is 5.67. The largest absolute Gasteiger partial charge is 0.350 e. The summed E-state index contributed by atoms with van der Waals surface area (Å²) in [5, 5.41) is 2.11. The molecular formula is C9H16N2S. The highest BCUT2D eigenvalue weighted by molar-refractivity contribution is 8.02. The molecule has 1 fully saturated rings. The van der Waals surface area contributed by atoms with E-state index in [2.05, 4.69) is 16.5 Å². The summed E-state index contributed by atoms with van der Waals surface area (Å²) in [5.74, 6) is 0. The lowest BCUT2D eigenvalue weighted by atomic mass is 9.95. The number of nitrogens with two attached hydrogens (primary N) is 1. The van der Waals surface area contributed by atoms with Crippen LogP contribution in [0.1, 0.15) is 32.1 Å². The Morgan fingerprint density at radius 2 is 2.00 bits per heavy atom. The van der Waals surface area contributed by atoms with Crippen LogP contribution in [-0.2, 0) is 0 Å². The van der Waals surface area contributed by atoms with E-state index in [0.29, 0.717) is 0 Å². The van der Waals surface area contributed by atoms with Gasteiger partial charge in [-0.2, -0.15) is 0 Å². The topological polar surface area (TPSA) is 29.3 Å². The first-order valence-electron chi connectivity index (χ1n) is 4.73. The quantitative estimate of drug-likeness (QED) is 0.676. The molecule has 2 aliphatic rings. The van der Waals surface area contributed by atoms with Crippen molar-refractivity contribution in [3.63, 3.8) is 0 Å². The van der Waals surface area contributed by atoms with Gasteiger partial charge in [-0.15, -0.1) is 0 Å². The molecule has 1 unspecified atom stereocenters. The normalized spacial score (nSPS) is 31.4. The average molecular weight is 184 g/mol. The zero-order valence-corrected chi connectivity index (χ0v) is 8.09. The summed E-state index contributed by atoms with van der Waals surface area (Å²) >= 11 is 1.72. The summed E-state index contributed by atoms with van der Waals surface area (Å²) in [6.07, 6.45) is 9.00. The van der Waals surface area contributed by atoms with Crippen molar-refractivity contribution >= 4 is 11.8 Å². The van der Waals surface area contributed by atoms with Gasteiger partial charge in [0.2, 0.25) is 0 Å². The number of hydrogen-bond acceptors (Lipinski definition) is 3. The first kappa shape index (κ1) is 8.45. The summed E-state index contributed by atoms with van der Waals surface area (Å²) in [7, 11) is 0. The lowest BCUT2D eigenvalue weighted by Gasteiger charge is -2.33. The molecule has 0 bridgehead atoms. The van der Waals surface area contributed by atoms with Crippen LogP contribution in [0.2, 0.25) is 0 Å². The van der Waals surface area contributed by atoms with Gasteiger partial charge in [0.25, 0.3) is 0 Å². The molecule has 2 N–H and O–H groups in total. The monoisotopic (exact) mass is 184 g/mol. The standard InChI is InChI=1S/C9H16N2S/c10-9-11(6-7-12-9)8-4-2-1-3-5-8/h6-9H,1-5,10H2. The zero-order chi connectivity index (χ0) is 8.39. The van der Waals surface area contributed by atoms with Crippen molar-refractivity contribution in [2.45, 2.75) is 43.6 Å². The maximum atomic E-state index is 5.94. The lowest BCUT2D eigenvalue weighted by molar-refractivity contribution is 0.211. The molecule has 1 heterocycles. The van der Waals surface area contributed by atoms with Crippen molar-refractivity contribution in [1.29, 1.82) is 0 Å². The van der Waals surface area contributed by atoms with Crippen LogP contribution in [0.15, 0.2) is 11.6 Å². The average Bonchev–Trinajstić information content (AvgIpc) is 2.53. The van der Waals surface area contributed by atoms with Gasteiger partial charge in [-0.25, -0.2) is 0 Å². The fourth-order valence-corrected chi connectivity index (χ4v) is 2.80. The first-order chi connectivity index (χ1) is 5.88. The van der Waals surface area contributed by atoms with Crippen LogP contribution in [0.3, 0.4) is 0 Å². The predicted molar refractivity (Wildman–Crippen MR) is 53.4 cm³/mol. The van der Waals surface area contributed by atoms with Gasteiger partial charge in [0.05, 0.1) is 0 Å². The maximum absolute atomic E-state index is 5.94. The van der Waals surface area contributed by atoms with Crippen LogP contribution in [0, 0.1) is 0 Å². The Hall–Kier alpha value is -0.150. The third-order valence-electron chi connectivity index (χ3n) is 2.74. The van der Waals surface area contributed by atoms with Crippen LogP contribution < -0.4 is 5.73 Å². The van der Waals surface area contributed by atoms with E-state index in [1.54, 1.807) is 11.8 Å². The highest BCUT2D eigenvalue weighted by Gasteiger charge is 2.25. The molecule has 0 aromatic heterocycles. The second-order valence-corrected chi connectivity index (χ2v) is 4.58. The molecule has 1 aliphatic carbocycles. The molecule has 0 aromatic carbocycles. The molecule has 2 rings (SSSR count). The Kier molecular flexibility index (Phi) is 2.61. The molecule has 12 heavy (non-hydrogen) atoms. The second kappa shape index (κ2) is 3.71. The summed E-state index contributed by atoms with van der Waals surface area (Å²) in [6.45, 7) is 0. The van der Waals surface area contributed by atoms with Gasteiger partial charge < -0.3 is 10.6 Å². The molecule has 0 saturated heterocycles. The molecule has 0 spiro atoms. The van der Waals surface area contributed by atoms with Gasteiger partial charge in [-0.05, 0) is 18.2 Å². The third-order valence-corrected chi connectivity index (χ3v) is 3.54. The lowest BCUT2D eigenvalue weighted by Crippen LogP contribution is -2.41. The molecule has 3 heteroatoms. The van der Waals surface area contributed by atoms with E-state index in [1.165, 1.54) is 32.1 Å². The van der Waals surface area contributed by atoms with E-state index in [1.807, 2.05) is 0 Å². The molecule has 68 valence electrons. The molecule has 0 radical (unpaired) electrons. The minimum absolute atomic E-state index is 0.188. The van der Waals surface area contributed by atoms with Gasteiger partial charge >= 0.3 is 0 Å². The van der Waals surface area contributed by atoms with Crippen LogP contribution in [0.25, 0.3) is 0 Å². The Morgan fingerprint density at radius 3 is 2.58 bits per heavy atom. The Morgan fingerprint density at radius 1 is 1.25 bits per heavy atom. The molecule has 0 aromatic rings. The van der Waals surface area contributed by atoms with Crippen LogP contribution >= 0.6 is 11.8 Å². The summed E-state index contributed by atoms with van der Waals surface area (Å²) in [5.41, 5.74) is 6.12. The minimum atomic E-state index is 0.188. The van der Waals surface area contributed by atoms with E-state index in [4.69, 9.17) is 5.73 Å². The zero-order valence-electron chi connectivity index (χ0n) is 7.28. The summed E-state index contributed by atoms with van der Waals surface area (Å²) < 4.78 is 0. The van der Waals surface area contributed by atoms with Crippen LogP contribution in [0.5, 0.6) is 0 Å². The Labute approximate surface area is 78.2 Å². The summed E-state index contributed by atoms with van der Waals surface area (Å²) in [6, 6.07) is 0.722. The molecule has 0 amide bonds. The smallest absolute Gasteiger partial charge is 0.129 e. The van der Waals surface area contributed by atoms with Gasteiger partial charge in [0.15, 0.2) is 0 Å². The highest BCUT2D eigenvalue weighted by Crippen LogP contribution is 2.30. The number of hydrogen-bond donors (Lipinski definition) is 1. The number of thioether (sulfide) groups is 1. The second-order valence-electron chi connectivity index (χ2n) is 3.55. The van der Waals surface area contributed by atoms with Gasteiger partial charge in [0.1, 0.15) is 5.50 Å². The molecule has 1 saturated carbocycles. The Balaban J connectivity index is 1.93. The minimum Gasteiger partial charge on any atom is -0.350 e. The van der Waals surface area contributed by atoms with Crippen molar-refractivity contribution in [3.8, 4) is 0 Å². The molecule has 1 atom stereocenters. The SMILES string of the molecule is NC1SC=CN1C1CCCCC1. The van der Waals surface area contributed by atoms with E-state index < -0.39 is 0 Å². The fourth-order valence-electron chi connectivity index (χ4n) is 2.05. The van der Waals surface area contributed by atoms with Gasteiger partial charge in [-0.3, -0.25) is 0 Å². The molecular weight excluding hydrogens is 168 g/mol. The van der Waals surface area contributed by atoms with Crippen molar-refractivity contribution in [2.24, 2.45) is 5.73 Å². The van der Waals surface area contributed by atoms with Crippen molar-refractivity contribution in [3.05, 3.63) is 11.6 Å². The third kappa shape index (κ3) is 1.62. The van der Waals surface area contributed by atoms with Gasteiger partial charge in [-0.1, -0.05) is 31.0 Å². The van der Waals surface area contributed by atoms with Crippen LogP contribution in [0.4, 0.5) is 0 Å². The predicted octanol–water partition coefficient (Wildman–Crippen LogP) is 2.08. The van der Waals surface area contributed by atoms with Crippen molar-refractivity contribution in [2.75, 3.05) is 0 Å². The number of rotatable bonds is 1. The Bertz CT molecular complexity index is 175. The van der Waals surface area contributed by atoms with Crippen molar-refractivity contribution in [1.82, 2.24) is 4.90 Å². The van der Waals surface area contributed by atoms with Crippen LogP contribution in [-0.4, -0.2) is 16.4 Å². The number of nitrogens with zero attached hydrogens (tertiary/aromatic N) is 1. The maximum Gasteiger partial charge on any atom is 0.129 e. The highest BCUT2D eigenvalue weighted by atomic mass is 32.2. The molecule has 2 nitrogen and oxygen atoms in total. The van der Waals surface area contributed by atoms with E-state index in [-0.39, 0.29) is 5.50 Å². The van der Waals surface area contributed by atoms with Crippen molar-refractivity contribution < 1.29 is 0 Å². The molecule has 1 aliphatic heterocycles. The van der Waals surface area contributed by atoms with E-state index in [0.717, 1.165) is 6.04 Å². The van der Waals surface area contributed by atoms with E-state index >= 15 is 0 Å². The fraction of sp³-hybridized carbons (Fsp3) is 0.778. The van der Waals surface area contributed by atoms with Gasteiger partial charge in [0, 0.05) is 12.2 Å².